The van der Waals surface area contributed by atoms with Gasteiger partial charge in [-0.1, -0.05) is 6.07 Å². The van der Waals surface area contributed by atoms with Crippen LogP contribution in [0.3, 0.4) is 0 Å². The van der Waals surface area contributed by atoms with Crippen molar-refractivity contribution in [1.82, 2.24) is 19.8 Å². The molecule has 3 aromatic rings. The van der Waals surface area contributed by atoms with Crippen molar-refractivity contribution >= 4 is 39.4 Å². The molecule has 0 unspecified atom stereocenters. The highest BCUT2D eigenvalue weighted by atomic mass is 16.2. The lowest BCUT2D eigenvalue weighted by atomic mass is 9.96. The van der Waals surface area contributed by atoms with Gasteiger partial charge in [-0.05, 0) is 51.0 Å². The maximum Gasteiger partial charge on any atom is 0.321 e. The highest BCUT2D eigenvalue weighted by Gasteiger charge is 2.30. The quantitative estimate of drug-likeness (QED) is 0.668. The molecule has 2 aromatic heterocycles. The van der Waals surface area contributed by atoms with Crippen molar-refractivity contribution in [2.45, 2.75) is 26.7 Å². The third-order valence-electron chi connectivity index (χ3n) is 5.83. The zero-order valence-corrected chi connectivity index (χ0v) is 17.5. The molecule has 1 aliphatic heterocycles. The lowest BCUT2D eigenvalue weighted by Crippen LogP contribution is -2.48. The van der Waals surface area contributed by atoms with Crippen LogP contribution in [0.2, 0.25) is 0 Å². The van der Waals surface area contributed by atoms with E-state index in [1.807, 2.05) is 49.1 Å². The number of piperidine rings is 1. The molecule has 1 aliphatic rings. The molecule has 3 heterocycles. The molecule has 0 aliphatic carbocycles. The van der Waals surface area contributed by atoms with Crippen LogP contribution in [0.5, 0.6) is 0 Å². The Labute approximate surface area is 176 Å². The number of amides is 3. The number of carbonyl (C=O) groups is 2. The minimum Gasteiger partial charge on any atom is -0.343 e. The summed E-state index contributed by atoms with van der Waals surface area (Å²) in [5.41, 5.74) is 2.24. The molecule has 1 aromatic carbocycles. The molecule has 0 bridgehead atoms. The zero-order chi connectivity index (χ0) is 21.1. The predicted octanol–water partition coefficient (Wildman–Crippen LogP) is 3.90. The first kappa shape index (κ1) is 20.1. The summed E-state index contributed by atoms with van der Waals surface area (Å²) < 4.78 is 0. The van der Waals surface area contributed by atoms with E-state index in [-0.39, 0.29) is 17.9 Å². The molecule has 30 heavy (non-hydrogen) atoms. The van der Waals surface area contributed by atoms with Crippen molar-refractivity contribution in [3.05, 3.63) is 42.7 Å². The summed E-state index contributed by atoms with van der Waals surface area (Å²) in [6, 6.07) is 9.41. The number of urea groups is 1. The Hall–Kier alpha value is -3.22. The summed E-state index contributed by atoms with van der Waals surface area (Å²) in [7, 11) is 0. The Kier molecular flexibility index (Phi) is 5.79. The van der Waals surface area contributed by atoms with Gasteiger partial charge in [0, 0.05) is 49.3 Å². The summed E-state index contributed by atoms with van der Waals surface area (Å²) in [6.45, 7) is 6.46. The largest absolute Gasteiger partial charge is 0.343 e. The zero-order valence-electron chi connectivity index (χ0n) is 17.5. The van der Waals surface area contributed by atoms with Crippen LogP contribution in [0.15, 0.2) is 42.7 Å². The number of pyridine rings is 2. The van der Waals surface area contributed by atoms with Crippen molar-refractivity contribution < 1.29 is 9.59 Å². The molecular formula is C23H27N5O2. The highest BCUT2D eigenvalue weighted by Crippen LogP contribution is 2.29. The number of hydrogen-bond donors (Lipinski definition) is 1. The Morgan fingerprint density at radius 2 is 1.87 bits per heavy atom. The molecule has 4 rings (SSSR count). The van der Waals surface area contributed by atoms with Gasteiger partial charge >= 0.3 is 6.03 Å². The maximum atomic E-state index is 13.1. The van der Waals surface area contributed by atoms with E-state index in [1.165, 1.54) is 0 Å². The van der Waals surface area contributed by atoms with Gasteiger partial charge in [0.05, 0.1) is 22.6 Å². The van der Waals surface area contributed by atoms with E-state index in [2.05, 4.69) is 15.3 Å². The molecule has 1 N–H and O–H groups in total. The van der Waals surface area contributed by atoms with Crippen molar-refractivity contribution in [2.75, 3.05) is 31.5 Å². The fourth-order valence-electron chi connectivity index (χ4n) is 4.24. The Morgan fingerprint density at radius 3 is 2.63 bits per heavy atom. The molecule has 0 spiro atoms. The number of nitrogens with zero attached hydrogens (tertiary/aromatic N) is 4. The van der Waals surface area contributed by atoms with Gasteiger partial charge in [-0.3, -0.25) is 14.8 Å². The molecule has 1 saturated heterocycles. The second-order valence-corrected chi connectivity index (χ2v) is 7.62. The average molecular weight is 406 g/mol. The van der Waals surface area contributed by atoms with Crippen LogP contribution < -0.4 is 5.32 Å². The van der Waals surface area contributed by atoms with Gasteiger partial charge in [0.25, 0.3) is 0 Å². The summed E-state index contributed by atoms with van der Waals surface area (Å²) >= 11 is 0. The first-order valence-corrected chi connectivity index (χ1v) is 10.6. The van der Waals surface area contributed by atoms with E-state index in [1.54, 1.807) is 17.3 Å². The van der Waals surface area contributed by atoms with E-state index < -0.39 is 0 Å². The molecule has 7 heteroatoms. The van der Waals surface area contributed by atoms with Gasteiger partial charge in [0.2, 0.25) is 5.91 Å². The van der Waals surface area contributed by atoms with Gasteiger partial charge in [-0.2, -0.15) is 0 Å². The van der Waals surface area contributed by atoms with E-state index in [0.717, 1.165) is 29.1 Å². The van der Waals surface area contributed by atoms with Crippen LogP contribution in [-0.2, 0) is 4.79 Å². The summed E-state index contributed by atoms with van der Waals surface area (Å²) in [5.74, 6) is 0.00136. The number of anilines is 1. The summed E-state index contributed by atoms with van der Waals surface area (Å²) in [6.07, 6.45) is 5.12. The first-order valence-electron chi connectivity index (χ1n) is 10.6. The van der Waals surface area contributed by atoms with Crippen molar-refractivity contribution in [3.63, 3.8) is 0 Å². The smallest absolute Gasteiger partial charge is 0.321 e. The number of rotatable bonds is 4. The Morgan fingerprint density at radius 1 is 1.13 bits per heavy atom. The number of aromatic nitrogens is 2. The standard InChI is InChI=1S/C23H27N5O2/c1-3-27(4-2)22(29)17-9-7-13-28(15-17)23(30)26-19-14-16-8-5-11-24-20(16)18-10-6-12-25-21(18)19/h5-6,8,10-12,14,17H,3-4,7,9,13,15H2,1-2H3,(H,26,30)/t17-/m0/s1. The van der Waals surface area contributed by atoms with Crippen LogP contribution in [0, 0.1) is 5.92 Å². The van der Waals surface area contributed by atoms with E-state index in [9.17, 15) is 9.59 Å². The van der Waals surface area contributed by atoms with Gasteiger partial charge in [-0.15, -0.1) is 0 Å². The van der Waals surface area contributed by atoms with Crippen molar-refractivity contribution in [1.29, 1.82) is 0 Å². The number of benzene rings is 1. The first-order chi connectivity index (χ1) is 14.6. The molecule has 1 atom stereocenters. The molecule has 0 saturated carbocycles. The number of carbonyl (C=O) groups excluding carboxylic acids is 2. The minimum atomic E-state index is -0.192. The number of fused-ring (bicyclic) bond motifs is 3. The summed E-state index contributed by atoms with van der Waals surface area (Å²) in [4.78, 5) is 38.4. The molecule has 156 valence electrons. The van der Waals surface area contributed by atoms with Crippen molar-refractivity contribution in [3.8, 4) is 0 Å². The van der Waals surface area contributed by atoms with Gasteiger partial charge < -0.3 is 15.1 Å². The second kappa shape index (κ2) is 8.65. The number of nitrogens with one attached hydrogen (secondary N) is 1. The minimum absolute atomic E-state index is 0.139. The van der Waals surface area contributed by atoms with Crippen LogP contribution in [-0.4, -0.2) is 57.9 Å². The fraction of sp³-hybridized carbons (Fsp3) is 0.391. The Bertz CT molecular complexity index is 1080. The molecular weight excluding hydrogens is 378 g/mol. The van der Waals surface area contributed by atoms with Gasteiger partial charge in [-0.25, -0.2) is 4.79 Å². The second-order valence-electron chi connectivity index (χ2n) is 7.62. The average Bonchev–Trinajstić information content (AvgIpc) is 2.80. The van der Waals surface area contributed by atoms with Gasteiger partial charge in [0.15, 0.2) is 0 Å². The van der Waals surface area contributed by atoms with Crippen LogP contribution in [0.1, 0.15) is 26.7 Å². The van der Waals surface area contributed by atoms with Crippen LogP contribution in [0.25, 0.3) is 21.8 Å². The Balaban J connectivity index is 1.57. The van der Waals surface area contributed by atoms with E-state index in [0.29, 0.717) is 37.4 Å². The fourth-order valence-corrected chi connectivity index (χ4v) is 4.24. The summed E-state index contributed by atoms with van der Waals surface area (Å²) in [5, 5.41) is 4.88. The SMILES string of the molecule is CCN(CC)C(=O)[C@H]1CCCN(C(=O)Nc2cc3cccnc3c3cccnc23)C1. The lowest BCUT2D eigenvalue weighted by molar-refractivity contribution is -0.136. The normalized spacial score (nSPS) is 16.6. The number of hydrogen-bond acceptors (Lipinski definition) is 4. The predicted molar refractivity (Wildman–Crippen MR) is 118 cm³/mol. The highest BCUT2D eigenvalue weighted by molar-refractivity contribution is 6.11. The monoisotopic (exact) mass is 405 g/mol. The van der Waals surface area contributed by atoms with E-state index >= 15 is 0 Å². The molecule has 3 amide bonds. The maximum absolute atomic E-state index is 13.1. The van der Waals surface area contributed by atoms with Crippen LogP contribution in [0.4, 0.5) is 10.5 Å². The van der Waals surface area contributed by atoms with Crippen molar-refractivity contribution in [2.24, 2.45) is 5.92 Å². The van der Waals surface area contributed by atoms with Crippen LogP contribution >= 0.6 is 0 Å². The topological polar surface area (TPSA) is 78.4 Å². The lowest BCUT2D eigenvalue weighted by Gasteiger charge is -2.34. The molecule has 0 radical (unpaired) electrons. The third kappa shape index (κ3) is 3.79. The molecule has 7 nitrogen and oxygen atoms in total. The van der Waals surface area contributed by atoms with Gasteiger partial charge in [0.1, 0.15) is 0 Å². The van der Waals surface area contributed by atoms with E-state index in [4.69, 9.17) is 0 Å². The third-order valence-corrected chi connectivity index (χ3v) is 5.83. The number of likely N-dealkylation sites (tertiary alicyclic amines) is 1. The molecule has 1 fully saturated rings.